The number of ether oxygens (including phenoxy) is 3. The number of carbonyl (C=O) groups is 2. The van der Waals surface area contributed by atoms with Gasteiger partial charge in [0, 0.05) is 10.5 Å². The van der Waals surface area contributed by atoms with Gasteiger partial charge in [0.1, 0.15) is 17.7 Å². The van der Waals surface area contributed by atoms with E-state index in [0.717, 1.165) is 5.56 Å². The number of aryl methyl sites for hydroxylation is 1. The van der Waals surface area contributed by atoms with Crippen molar-refractivity contribution in [3.63, 3.8) is 0 Å². The molecule has 9 nitrogen and oxygen atoms in total. The third-order valence-corrected chi connectivity index (χ3v) is 7.65. The second-order valence-corrected chi connectivity index (χ2v) is 9.76. The zero-order valence-corrected chi connectivity index (χ0v) is 22.0. The molecule has 4 atom stereocenters. The summed E-state index contributed by atoms with van der Waals surface area (Å²) in [4.78, 5) is 41.1. The minimum absolute atomic E-state index is 0.0323. The maximum Gasteiger partial charge on any atom is 0.339 e. The van der Waals surface area contributed by atoms with E-state index in [0.29, 0.717) is 22.4 Å². The maximum absolute atomic E-state index is 13.9. The lowest BCUT2D eigenvalue weighted by Gasteiger charge is -2.43. The molecular formula is C30H30N2O7. The van der Waals surface area contributed by atoms with Gasteiger partial charge < -0.3 is 14.2 Å². The third kappa shape index (κ3) is 3.87. The number of hydrogen-bond donors (Lipinski definition) is 1. The molecule has 3 aromatic carbocycles. The number of fused-ring (bicyclic) bond motifs is 3. The molecule has 0 saturated carbocycles. The summed E-state index contributed by atoms with van der Waals surface area (Å²) in [5.41, 5.74) is -1.88. The maximum atomic E-state index is 13.9. The van der Waals surface area contributed by atoms with Gasteiger partial charge in [-0.2, -0.15) is 0 Å². The number of esters is 2. The quantitative estimate of drug-likeness (QED) is 0.206. The lowest BCUT2D eigenvalue weighted by molar-refractivity contribution is -0.591. The predicted molar refractivity (Wildman–Crippen MR) is 142 cm³/mol. The van der Waals surface area contributed by atoms with Crippen LogP contribution in [0.4, 0.5) is 0 Å². The Morgan fingerprint density at radius 2 is 1.49 bits per heavy atom. The zero-order valence-electron chi connectivity index (χ0n) is 22.0. The van der Waals surface area contributed by atoms with Crippen LogP contribution >= 0.6 is 0 Å². The fraction of sp³-hybridized carbons (Fsp3) is 0.333. The molecule has 9 heteroatoms. The van der Waals surface area contributed by atoms with Crippen molar-refractivity contribution in [2.75, 3.05) is 13.2 Å². The third-order valence-electron chi connectivity index (χ3n) is 7.65. The van der Waals surface area contributed by atoms with Gasteiger partial charge in [0.2, 0.25) is 5.54 Å². The van der Waals surface area contributed by atoms with E-state index in [9.17, 15) is 19.7 Å². The first-order valence-electron chi connectivity index (χ1n) is 13.0. The summed E-state index contributed by atoms with van der Waals surface area (Å²) in [5, 5.41) is 16.8. The standard InChI is InChI=1S/C30H30N2O7/c1-4-37-27(33)29(28(34)38-5-2)24-22-13-9-10-14-23(22)39-26(21-17-15-19(3)16-18-21)30(24,32(35)36)25(31-29)20-11-7-6-8-12-20/h6-18,24-26,31H,4-5H2,1-3H3/t24-,25+,26-,30+/m0/s1. The van der Waals surface area contributed by atoms with Gasteiger partial charge in [-0.1, -0.05) is 78.4 Å². The number of nitrogens with one attached hydrogen (secondary N) is 1. The monoisotopic (exact) mass is 530 g/mol. The van der Waals surface area contributed by atoms with Crippen molar-refractivity contribution in [3.8, 4) is 5.75 Å². The Morgan fingerprint density at radius 1 is 0.897 bits per heavy atom. The van der Waals surface area contributed by atoms with Crippen molar-refractivity contribution >= 4 is 11.9 Å². The van der Waals surface area contributed by atoms with Gasteiger partial charge in [-0.25, -0.2) is 9.59 Å². The Hall–Kier alpha value is -4.24. The first-order valence-corrected chi connectivity index (χ1v) is 13.0. The van der Waals surface area contributed by atoms with Crippen LogP contribution in [0.5, 0.6) is 5.75 Å². The molecular weight excluding hydrogens is 500 g/mol. The first-order chi connectivity index (χ1) is 18.8. The molecule has 0 aliphatic carbocycles. The molecule has 0 spiro atoms. The number of carbonyl (C=O) groups excluding carboxylic acids is 2. The first kappa shape index (κ1) is 26.4. The molecule has 2 aliphatic heterocycles. The number of hydrogen-bond acceptors (Lipinski definition) is 8. The van der Waals surface area contributed by atoms with Crippen LogP contribution in [-0.2, 0) is 19.1 Å². The molecule has 1 fully saturated rings. The highest BCUT2D eigenvalue weighted by molar-refractivity contribution is 6.07. The van der Waals surface area contributed by atoms with Crippen molar-refractivity contribution in [3.05, 3.63) is 111 Å². The molecule has 0 aromatic heterocycles. The van der Waals surface area contributed by atoms with Crippen LogP contribution in [0.15, 0.2) is 78.9 Å². The summed E-state index contributed by atoms with van der Waals surface area (Å²) in [6.07, 6.45) is -1.17. The van der Waals surface area contributed by atoms with E-state index in [1.54, 1.807) is 80.6 Å². The molecule has 5 rings (SSSR count). The van der Waals surface area contributed by atoms with Crippen LogP contribution in [0.2, 0.25) is 0 Å². The molecule has 2 heterocycles. The predicted octanol–water partition coefficient (Wildman–Crippen LogP) is 4.44. The van der Waals surface area contributed by atoms with E-state index in [1.807, 2.05) is 19.1 Å². The van der Waals surface area contributed by atoms with E-state index >= 15 is 0 Å². The Morgan fingerprint density at radius 3 is 2.08 bits per heavy atom. The number of rotatable bonds is 7. The summed E-state index contributed by atoms with van der Waals surface area (Å²) < 4.78 is 17.4. The molecule has 202 valence electrons. The highest BCUT2D eigenvalue weighted by Gasteiger charge is 2.82. The van der Waals surface area contributed by atoms with Crippen molar-refractivity contribution < 1.29 is 28.7 Å². The summed E-state index contributed by atoms with van der Waals surface area (Å²) in [5.74, 6) is -2.85. The van der Waals surface area contributed by atoms with Gasteiger partial charge in [0.25, 0.3) is 5.54 Å². The minimum Gasteiger partial charge on any atom is -0.478 e. The topological polar surface area (TPSA) is 117 Å². The average Bonchev–Trinajstić information content (AvgIpc) is 3.29. The fourth-order valence-corrected chi connectivity index (χ4v) is 6.08. The molecule has 0 bridgehead atoms. The molecule has 3 aromatic rings. The lowest BCUT2D eigenvalue weighted by atomic mass is 9.63. The van der Waals surface area contributed by atoms with Gasteiger partial charge >= 0.3 is 11.9 Å². The zero-order chi connectivity index (χ0) is 27.8. The Balaban J connectivity index is 1.91. The summed E-state index contributed by atoms with van der Waals surface area (Å²) in [6, 6.07) is 21.7. The van der Waals surface area contributed by atoms with Gasteiger partial charge in [0.15, 0.2) is 6.10 Å². The highest BCUT2D eigenvalue weighted by atomic mass is 16.6. The van der Waals surface area contributed by atoms with Crippen LogP contribution in [-0.4, -0.2) is 41.2 Å². The molecule has 0 amide bonds. The largest absolute Gasteiger partial charge is 0.478 e. The Kier molecular flexibility index (Phi) is 6.86. The van der Waals surface area contributed by atoms with Crippen LogP contribution < -0.4 is 10.1 Å². The van der Waals surface area contributed by atoms with Crippen LogP contribution in [0.3, 0.4) is 0 Å². The number of nitrogens with zero attached hydrogens (tertiary/aromatic N) is 1. The van der Waals surface area contributed by atoms with E-state index in [1.165, 1.54) is 0 Å². The SMILES string of the molecule is CCOC(=O)C1(C(=O)OCC)N[C@H](c2ccccc2)[C@@]2([N+](=O)[O-])[C@H](c3ccc(C)cc3)Oc3ccccc3[C@@H]12. The summed E-state index contributed by atoms with van der Waals surface area (Å²) in [6.45, 7) is 5.09. The van der Waals surface area contributed by atoms with Gasteiger partial charge in [0.05, 0.1) is 13.2 Å². The molecule has 2 aliphatic rings. The molecule has 39 heavy (non-hydrogen) atoms. The van der Waals surface area contributed by atoms with E-state index in [-0.39, 0.29) is 13.2 Å². The van der Waals surface area contributed by atoms with E-state index in [4.69, 9.17) is 14.2 Å². The lowest BCUT2D eigenvalue weighted by Crippen LogP contribution is -2.62. The van der Waals surface area contributed by atoms with Gasteiger partial charge in [-0.15, -0.1) is 0 Å². The van der Waals surface area contributed by atoms with Crippen molar-refractivity contribution in [2.45, 2.75) is 49.9 Å². The van der Waals surface area contributed by atoms with Crippen molar-refractivity contribution in [1.82, 2.24) is 5.32 Å². The number of para-hydroxylation sites is 1. The molecule has 0 unspecified atom stereocenters. The smallest absolute Gasteiger partial charge is 0.339 e. The van der Waals surface area contributed by atoms with Gasteiger partial charge in [-0.05, 0) is 38.0 Å². The van der Waals surface area contributed by atoms with Crippen molar-refractivity contribution in [2.24, 2.45) is 0 Å². The normalized spacial score (nSPS) is 24.5. The van der Waals surface area contributed by atoms with Crippen LogP contribution in [0, 0.1) is 17.0 Å². The second-order valence-electron chi connectivity index (χ2n) is 9.76. The highest BCUT2D eigenvalue weighted by Crippen LogP contribution is 2.63. The van der Waals surface area contributed by atoms with Crippen LogP contribution in [0.1, 0.15) is 54.2 Å². The molecule has 1 saturated heterocycles. The summed E-state index contributed by atoms with van der Waals surface area (Å²) in [7, 11) is 0. The average molecular weight is 531 g/mol. The second kappa shape index (κ2) is 10.1. The minimum atomic E-state index is -2.22. The number of benzene rings is 3. The number of nitro groups is 1. The summed E-state index contributed by atoms with van der Waals surface area (Å²) >= 11 is 0. The molecule has 1 N–H and O–H groups in total. The Bertz CT molecular complexity index is 1370. The van der Waals surface area contributed by atoms with E-state index < -0.39 is 46.0 Å². The van der Waals surface area contributed by atoms with Crippen molar-refractivity contribution in [1.29, 1.82) is 0 Å². The van der Waals surface area contributed by atoms with Crippen LogP contribution in [0.25, 0.3) is 0 Å². The molecule has 0 radical (unpaired) electrons. The van der Waals surface area contributed by atoms with Gasteiger partial charge in [-0.3, -0.25) is 15.4 Å². The van der Waals surface area contributed by atoms with E-state index in [2.05, 4.69) is 5.32 Å². The fourth-order valence-electron chi connectivity index (χ4n) is 6.08. The Labute approximate surface area is 226 Å².